The van der Waals surface area contributed by atoms with E-state index in [0.29, 0.717) is 33.8 Å². The minimum atomic E-state index is -0.906. The molecule has 4 rings (SSSR count). The number of nitrogens with zero attached hydrogens (tertiary/aromatic N) is 4. The van der Waals surface area contributed by atoms with E-state index in [2.05, 4.69) is 15.4 Å². The first-order valence-electron chi connectivity index (χ1n) is 17.8. The number of anilines is 1. The molecule has 1 aromatic carbocycles. The Hall–Kier alpha value is -5.60. The lowest BCUT2D eigenvalue weighted by Crippen LogP contribution is -2.48. The highest BCUT2D eigenvalue weighted by Crippen LogP contribution is 2.37. The third-order valence-corrected chi connectivity index (χ3v) is 7.64. The quantitative estimate of drug-likeness (QED) is 0.122. The number of ether oxygens (including phenoxy) is 4. The van der Waals surface area contributed by atoms with Crippen molar-refractivity contribution in [2.24, 2.45) is 0 Å². The SMILES string of the molecule is CCOC(=O)c1cc(C)[nH]c1/C=C1\C(=O)Nc2ccc(-c3ccnn3CCN(CCN(C(=O)OC(C)(C)C)C(=O)OC(C)(C)C)C(=O)OC(C)(C)C)cc21. The van der Waals surface area contributed by atoms with E-state index in [0.717, 1.165) is 16.2 Å². The fraction of sp³-hybridized carbons (Fsp3) is 0.487. The molecule has 4 amide bonds. The van der Waals surface area contributed by atoms with E-state index in [1.54, 1.807) is 98.3 Å². The summed E-state index contributed by atoms with van der Waals surface area (Å²) in [6.45, 7) is 19.1. The molecular weight excluding hydrogens is 696 g/mol. The third kappa shape index (κ3) is 11.0. The maximum atomic E-state index is 13.5. The van der Waals surface area contributed by atoms with Gasteiger partial charge in [0, 0.05) is 41.8 Å². The summed E-state index contributed by atoms with van der Waals surface area (Å²) in [6, 6.07) is 9.00. The summed E-state index contributed by atoms with van der Waals surface area (Å²) in [5, 5.41) is 7.39. The van der Waals surface area contributed by atoms with Crippen molar-refractivity contribution >= 4 is 47.5 Å². The van der Waals surface area contributed by atoms with Gasteiger partial charge in [0.1, 0.15) is 16.8 Å². The van der Waals surface area contributed by atoms with Gasteiger partial charge in [-0.05, 0) is 107 Å². The summed E-state index contributed by atoms with van der Waals surface area (Å²) >= 11 is 0. The van der Waals surface area contributed by atoms with Gasteiger partial charge >= 0.3 is 24.2 Å². The van der Waals surface area contributed by atoms with Crippen molar-refractivity contribution in [2.75, 3.05) is 31.6 Å². The minimum absolute atomic E-state index is 0.0865. The van der Waals surface area contributed by atoms with Crippen LogP contribution in [-0.2, 0) is 30.3 Å². The van der Waals surface area contributed by atoms with E-state index in [1.807, 2.05) is 25.1 Å². The molecule has 0 saturated heterocycles. The Labute approximate surface area is 315 Å². The zero-order valence-electron chi connectivity index (χ0n) is 33.0. The number of esters is 1. The number of aromatic nitrogens is 3. The molecule has 292 valence electrons. The maximum absolute atomic E-state index is 13.5. The monoisotopic (exact) mass is 748 g/mol. The summed E-state index contributed by atoms with van der Waals surface area (Å²) in [6.07, 6.45) is 0.801. The second-order valence-electron chi connectivity index (χ2n) is 15.8. The first kappa shape index (κ1) is 41.2. The van der Waals surface area contributed by atoms with Crippen molar-refractivity contribution in [1.82, 2.24) is 24.6 Å². The average molecular weight is 749 g/mol. The van der Waals surface area contributed by atoms with Crippen LogP contribution >= 0.6 is 0 Å². The van der Waals surface area contributed by atoms with Crippen LogP contribution in [0.3, 0.4) is 0 Å². The van der Waals surface area contributed by atoms with Gasteiger partial charge in [-0.25, -0.2) is 24.1 Å². The largest absolute Gasteiger partial charge is 0.462 e. The molecule has 1 aliphatic rings. The standard InChI is InChI=1S/C39H52N6O9/c1-12-51-33(47)28-21-24(2)41-30(28)23-27-26-22-25(13-14-29(26)42-32(27)46)31-15-16-40-45(31)20-18-43(34(48)52-37(3,4)5)17-19-44(35(49)53-38(6,7)8)36(50)54-39(9,10)11/h13-16,21-23,41H,12,17-20H2,1-11H3,(H,42,46)/b27-23-. The number of amides is 4. The van der Waals surface area contributed by atoms with Crippen LogP contribution in [0.4, 0.5) is 20.1 Å². The smallest absolute Gasteiger partial charge is 0.419 e. The van der Waals surface area contributed by atoms with Gasteiger partial charge in [-0.15, -0.1) is 0 Å². The number of benzene rings is 1. The summed E-state index contributed by atoms with van der Waals surface area (Å²) in [5.74, 6) is -0.815. The Kier molecular flexibility index (Phi) is 12.3. The van der Waals surface area contributed by atoms with Gasteiger partial charge in [-0.2, -0.15) is 5.10 Å². The van der Waals surface area contributed by atoms with Crippen LogP contribution in [0.25, 0.3) is 22.9 Å². The molecule has 0 bridgehead atoms. The summed E-state index contributed by atoms with van der Waals surface area (Å²) in [7, 11) is 0. The van der Waals surface area contributed by atoms with Gasteiger partial charge < -0.3 is 34.1 Å². The fourth-order valence-corrected chi connectivity index (χ4v) is 5.44. The predicted octanol–water partition coefficient (Wildman–Crippen LogP) is 7.27. The number of hydrogen-bond acceptors (Lipinski definition) is 10. The third-order valence-electron chi connectivity index (χ3n) is 7.64. The number of carbonyl (C=O) groups is 5. The van der Waals surface area contributed by atoms with Gasteiger partial charge in [0.05, 0.1) is 42.2 Å². The van der Waals surface area contributed by atoms with E-state index in [1.165, 1.54) is 4.90 Å². The fourth-order valence-electron chi connectivity index (χ4n) is 5.44. The van der Waals surface area contributed by atoms with Crippen LogP contribution in [0, 0.1) is 6.92 Å². The summed E-state index contributed by atoms with van der Waals surface area (Å²) in [4.78, 5) is 70.9. The molecule has 0 aliphatic carbocycles. The lowest BCUT2D eigenvalue weighted by molar-refractivity contribution is -0.110. The van der Waals surface area contributed by atoms with Gasteiger partial charge in [-0.1, -0.05) is 6.07 Å². The lowest BCUT2D eigenvalue weighted by atomic mass is 10.0. The van der Waals surface area contributed by atoms with Crippen LogP contribution in [0.15, 0.2) is 36.5 Å². The molecular formula is C39H52N6O9. The Bertz CT molecular complexity index is 1890. The Morgan fingerprint density at radius 1 is 0.833 bits per heavy atom. The van der Waals surface area contributed by atoms with Crippen molar-refractivity contribution in [3.63, 3.8) is 0 Å². The molecule has 0 saturated carbocycles. The van der Waals surface area contributed by atoms with Crippen molar-refractivity contribution in [3.05, 3.63) is 59.0 Å². The van der Waals surface area contributed by atoms with E-state index in [9.17, 15) is 24.0 Å². The molecule has 2 N–H and O–H groups in total. The Balaban J connectivity index is 1.60. The number of rotatable bonds is 10. The molecule has 0 radical (unpaired) electrons. The lowest BCUT2D eigenvalue weighted by Gasteiger charge is -2.31. The molecule has 2 aromatic heterocycles. The van der Waals surface area contributed by atoms with Gasteiger partial charge in [-0.3, -0.25) is 9.48 Å². The van der Waals surface area contributed by atoms with E-state index in [-0.39, 0.29) is 38.7 Å². The van der Waals surface area contributed by atoms with Gasteiger partial charge in [0.25, 0.3) is 5.91 Å². The van der Waals surface area contributed by atoms with Crippen molar-refractivity contribution < 1.29 is 42.9 Å². The molecule has 15 heteroatoms. The number of hydrogen-bond donors (Lipinski definition) is 2. The zero-order chi connectivity index (χ0) is 40.2. The van der Waals surface area contributed by atoms with Crippen molar-refractivity contribution in [1.29, 1.82) is 0 Å². The number of aromatic amines is 1. The van der Waals surface area contributed by atoms with Gasteiger partial charge in [0.15, 0.2) is 0 Å². The predicted molar refractivity (Wildman–Crippen MR) is 203 cm³/mol. The first-order valence-corrected chi connectivity index (χ1v) is 17.8. The van der Waals surface area contributed by atoms with E-state index >= 15 is 0 Å². The summed E-state index contributed by atoms with van der Waals surface area (Å²) in [5.41, 5.74) is 1.98. The average Bonchev–Trinajstić information content (AvgIpc) is 3.73. The number of carbonyl (C=O) groups excluding carboxylic acids is 5. The Morgan fingerprint density at radius 3 is 2.04 bits per heavy atom. The molecule has 0 unspecified atom stereocenters. The molecule has 3 heterocycles. The summed E-state index contributed by atoms with van der Waals surface area (Å²) < 4.78 is 23.6. The van der Waals surface area contributed by atoms with Crippen molar-refractivity contribution in [3.8, 4) is 11.3 Å². The maximum Gasteiger partial charge on any atom is 0.419 e. The second-order valence-corrected chi connectivity index (χ2v) is 15.8. The zero-order valence-corrected chi connectivity index (χ0v) is 33.0. The highest BCUT2D eigenvalue weighted by atomic mass is 16.6. The topological polar surface area (TPSA) is 174 Å². The van der Waals surface area contributed by atoms with Crippen LogP contribution < -0.4 is 5.32 Å². The number of aryl methyl sites for hydroxylation is 1. The normalized spacial score (nSPS) is 13.6. The molecule has 3 aromatic rings. The van der Waals surface area contributed by atoms with Crippen molar-refractivity contribution in [2.45, 2.75) is 99.5 Å². The van der Waals surface area contributed by atoms with Crippen LogP contribution in [0.2, 0.25) is 0 Å². The minimum Gasteiger partial charge on any atom is -0.462 e. The highest BCUT2D eigenvalue weighted by Gasteiger charge is 2.33. The molecule has 1 aliphatic heterocycles. The molecule has 0 spiro atoms. The number of fused-ring (bicyclic) bond motifs is 1. The van der Waals surface area contributed by atoms with Crippen LogP contribution in [0.1, 0.15) is 96.5 Å². The highest BCUT2D eigenvalue weighted by molar-refractivity contribution is 6.35. The van der Waals surface area contributed by atoms with Gasteiger partial charge in [0.2, 0.25) is 0 Å². The number of imide groups is 1. The van der Waals surface area contributed by atoms with E-state index < -0.39 is 41.1 Å². The van der Waals surface area contributed by atoms with Crippen LogP contribution in [-0.4, -0.2) is 97.8 Å². The first-order chi connectivity index (χ1) is 25.0. The number of H-pyrrole nitrogens is 1. The Morgan fingerprint density at radius 2 is 1.44 bits per heavy atom. The molecule has 0 atom stereocenters. The molecule has 0 fully saturated rings. The second kappa shape index (κ2) is 16.2. The van der Waals surface area contributed by atoms with E-state index in [4.69, 9.17) is 18.9 Å². The number of nitrogens with one attached hydrogen (secondary N) is 2. The molecule has 15 nitrogen and oxygen atoms in total. The van der Waals surface area contributed by atoms with Crippen LogP contribution in [0.5, 0.6) is 0 Å². The molecule has 54 heavy (non-hydrogen) atoms.